The first kappa shape index (κ1) is 16.9. The Balaban J connectivity index is 1.92. The zero-order valence-corrected chi connectivity index (χ0v) is 12.7. The number of para-hydroxylation sites is 1. The molecule has 4 N–H and O–H groups in total. The normalized spacial score (nSPS) is 10.0. The predicted molar refractivity (Wildman–Crippen MR) is 88.3 cm³/mol. The molecule has 2 aromatic rings. The van der Waals surface area contributed by atoms with Gasteiger partial charge >= 0.3 is 6.03 Å². The van der Waals surface area contributed by atoms with E-state index in [0.29, 0.717) is 11.3 Å². The van der Waals surface area contributed by atoms with Crippen LogP contribution in [0.15, 0.2) is 48.5 Å². The fourth-order valence-electron chi connectivity index (χ4n) is 2.12. The summed E-state index contributed by atoms with van der Waals surface area (Å²) in [6.07, 6.45) is -0.0710. The van der Waals surface area contributed by atoms with Crippen LogP contribution in [0.1, 0.15) is 11.1 Å². The SMILES string of the molecule is NC(=O)Nc1ccc(CNC(=O)Cc2ccccc2[N+](=O)[O-])cc1. The van der Waals surface area contributed by atoms with Gasteiger partial charge in [-0.15, -0.1) is 0 Å². The Morgan fingerprint density at radius 1 is 1.08 bits per heavy atom. The van der Waals surface area contributed by atoms with Crippen LogP contribution in [0, 0.1) is 10.1 Å². The molecule has 0 unspecified atom stereocenters. The monoisotopic (exact) mass is 328 g/mol. The van der Waals surface area contributed by atoms with Crippen LogP contribution in [0.4, 0.5) is 16.2 Å². The summed E-state index contributed by atoms with van der Waals surface area (Å²) in [7, 11) is 0. The van der Waals surface area contributed by atoms with Gasteiger partial charge in [-0.05, 0) is 17.7 Å². The van der Waals surface area contributed by atoms with Crippen molar-refractivity contribution in [3.8, 4) is 0 Å². The van der Waals surface area contributed by atoms with Gasteiger partial charge < -0.3 is 16.4 Å². The van der Waals surface area contributed by atoms with E-state index in [0.717, 1.165) is 5.56 Å². The number of nitrogens with zero attached hydrogens (tertiary/aromatic N) is 1. The average Bonchev–Trinajstić information content (AvgIpc) is 2.54. The molecule has 0 aromatic heterocycles. The van der Waals surface area contributed by atoms with Crippen molar-refractivity contribution in [2.24, 2.45) is 5.73 Å². The van der Waals surface area contributed by atoms with E-state index in [-0.39, 0.29) is 24.6 Å². The number of anilines is 1. The summed E-state index contributed by atoms with van der Waals surface area (Å²) in [6, 6.07) is 12.3. The molecule has 0 aliphatic heterocycles. The molecule has 3 amide bonds. The zero-order chi connectivity index (χ0) is 17.5. The average molecular weight is 328 g/mol. The van der Waals surface area contributed by atoms with Crippen molar-refractivity contribution in [1.29, 1.82) is 0 Å². The van der Waals surface area contributed by atoms with E-state index >= 15 is 0 Å². The van der Waals surface area contributed by atoms with E-state index in [1.54, 1.807) is 42.5 Å². The maximum Gasteiger partial charge on any atom is 0.316 e. The number of nitro groups is 1. The largest absolute Gasteiger partial charge is 0.352 e. The predicted octanol–water partition coefficient (Wildman–Crippen LogP) is 1.94. The Morgan fingerprint density at radius 3 is 2.38 bits per heavy atom. The quantitative estimate of drug-likeness (QED) is 0.553. The minimum atomic E-state index is -0.652. The molecule has 24 heavy (non-hydrogen) atoms. The van der Waals surface area contributed by atoms with Crippen LogP contribution in [0.2, 0.25) is 0 Å². The molecule has 8 nitrogen and oxygen atoms in total. The second-order valence-corrected chi connectivity index (χ2v) is 5.03. The fraction of sp³-hybridized carbons (Fsp3) is 0.125. The minimum Gasteiger partial charge on any atom is -0.352 e. The Bertz CT molecular complexity index is 759. The standard InChI is InChI=1S/C16H16N4O4/c17-16(22)19-13-7-5-11(6-8-13)10-18-15(21)9-12-3-1-2-4-14(12)20(23)24/h1-8H,9-10H2,(H,18,21)(H3,17,19,22). The van der Waals surface area contributed by atoms with E-state index in [9.17, 15) is 19.7 Å². The number of primary amides is 1. The summed E-state index contributed by atoms with van der Waals surface area (Å²) in [4.78, 5) is 33.1. The third-order valence-corrected chi connectivity index (χ3v) is 3.25. The van der Waals surface area contributed by atoms with Gasteiger partial charge in [0.2, 0.25) is 5.91 Å². The number of nitro benzene ring substituents is 1. The van der Waals surface area contributed by atoms with E-state index in [1.807, 2.05) is 0 Å². The van der Waals surface area contributed by atoms with Crippen molar-refractivity contribution in [3.63, 3.8) is 0 Å². The molecule has 8 heteroatoms. The summed E-state index contributed by atoms with van der Waals surface area (Å²) < 4.78 is 0. The number of rotatable bonds is 6. The van der Waals surface area contributed by atoms with E-state index in [1.165, 1.54) is 6.07 Å². The third kappa shape index (κ3) is 4.80. The summed E-state index contributed by atoms with van der Waals surface area (Å²) in [5.74, 6) is -0.316. The van der Waals surface area contributed by atoms with Gasteiger partial charge in [-0.3, -0.25) is 14.9 Å². The van der Waals surface area contributed by atoms with E-state index in [4.69, 9.17) is 5.73 Å². The highest BCUT2D eigenvalue weighted by atomic mass is 16.6. The van der Waals surface area contributed by atoms with Gasteiger partial charge in [-0.25, -0.2) is 4.79 Å². The zero-order valence-electron chi connectivity index (χ0n) is 12.7. The number of nitrogens with one attached hydrogen (secondary N) is 2. The number of carbonyl (C=O) groups is 2. The third-order valence-electron chi connectivity index (χ3n) is 3.25. The Labute approximate surface area is 137 Å². The van der Waals surface area contributed by atoms with Crippen LogP contribution < -0.4 is 16.4 Å². The summed E-state index contributed by atoms with van der Waals surface area (Å²) in [5.41, 5.74) is 6.67. The van der Waals surface area contributed by atoms with Crippen LogP contribution in [0.5, 0.6) is 0 Å². The first-order valence-corrected chi connectivity index (χ1v) is 7.10. The molecule has 0 radical (unpaired) electrons. The number of carbonyl (C=O) groups excluding carboxylic acids is 2. The van der Waals surface area contributed by atoms with Gasteiger partial charge in [-0.2, -0.15) is 0 Å². The van der Waals surface area contributed by atoms with Crippen LogP contribution in [0.3, 0.4) is 0 Å². The van der Waals surface area contributed by atoms with Crippen LogP contribution in [0.25, 0.3) is 0 Å². The molecule has 0 aliphatic rings. The number of benzene rings is 2. The summed E-state index contributed by atoms with van der Waals surface area (Å²) in [5, 5.41) is 16.1. The lowest BCUT2D eigenvalue weighted by Gasteiger charge is -2.07. The van der Waals surface area contributed by atoms with Crippen molar-refractivity contribution < 1.29 is 14.5 Å². The summed E-state index contributed by atoms with van der Waals surface area (Å²) >= 11 is 0. The number of hydrogen-bond donors (Lipinski definition) is 3. The van der Waals surface area contributed by atoms with Gasteiger partial charge in [0.05, 0.1) is 11.3 Å². The fourth-order valence-corrected chi connectivity index (χ4v) is 2.12. The van der Waals surface area contributed by atoms with Gasteiger partial charge in [0.25, 0.3) is 5.69 Å². The lowest BCUT2D eigenvalue weighted by Crippen LogP contribution is -2.25. The molecule has 124 valence electrons. The molecule has 2 aromatic carbocycles. The Hall–Kier alpha value is -3.42. The molecule has 0 saturated carbocycles. The van der Waals surface area contributed by atoms with E-state index in [2.05, 4.69) is 10.6 Å². The topological polar surface area (TPSA) is 127 Å². The Kier molecular flexibility index (Phi) is 5.45. The van der Waals surface area contributed by atoms with Gasteiger partial charge in [0.15, 0.2) is 0 Å². The van der Waals surface area contributed by atoms with Gasteiger partial charge in [0, 0.05) is 23.9 Å². The lowest BCUT2D eigenvalue weighted by molar-refractivity contribution is -0.385. The molecule has 0 heterocycles. The highest BCUT2D eigenvalue weighted by Crippen LogP contribution is 2.18. The molecule has 0 bridgehead atoms. The molecule has 2 rings (SSSR count). The van der Waals surface area contributed by atoms with E-state index < -0.39 is 11.0 Å². The van der Waals surface area contributed by atoms with Gasteiger partial charge in [-0.1, -0.05) is 30.3 Å². The van der Waals surface area contributed by atoms with Crippen molar-refractivity contribution >= 4 is 23.3 Å². The maximum absolute atomic E-state index is 12.0. The highest BCUT2D eigenvalue weighted by Gasteiger charge is 2.15. The van der Waals surface area contributed by atoms with Crippen LogP contribution in [-0.4, -0.2) is 16.9 Å². The van der Waals surface area contributed by atoms with Crippen LogP contribution >= 0.6 is 0 Å². The number of amides is 3. The second kappa shape index (κ2) is 7.73. The molecule has 0 fully saturated rings. The number of urea groups is 1. The maximum atomic E-state index is 12.0. The van der Waals surface area contributed by atoms with Gasteiger partial charge in [0.1, 0.15) is 0 Å². The molecule has 0 spiro atoms. The summed E-state index contributed by atoms with van der Waals surface area (Å²) in [6.45, 7) is 0.274. The lowest BCUT2D eigenvalue weighted by atomic mass is 10.1. The van der Waals surface area contributed by atoms with Crippen LogP contribution in [-0.2, 0) is 17.8 Å². The minimum absolute atomic E-state index is 0.0710. The number of nitrogens with two attached hydrogens (primary N) is 1. The molecular weight excluding hydrogens is 312 g/mol. The smallest absolute Gasteiger partial charge is 0.316 e. The van der Waals surface area contributed by atoms with Crippen molar-refractivity contribution in [3.05, 3.63) is 69.8 Å². The van der Waals surface area contributed by atoms with Crippen molar-refractivity contribution in [1.82, 2.24) is 5.32 Å². The highest BCUT2D eigenvalue weighted by molar-refractivity contribution is 5.87. The molecular formula is C16H16N4O4. The first-order valence-electron chi connectivity index (χ1n) is 7.10. The Morgan fingerprint density at radius 2 is 1.75 bits per heavy atom. The molecule has 0 aliphatic carbocycles. The number of hydrogen-bond acceptors (Lipinski definition) is 4. The molecule has 0 saturated heterocycles. The van der Waals surface area contributed by atoms with Crippen molar-refractivity contribution in [2.75, 3.05) is 5.32 Å². The molecule has 0 atom stereocenters. The second-order valence-electron chi connectivity index (χ2n) is 5.03. The van der Waals surface area contributed by atoms with Crippen molar-refractivity contribution in [2.45, 2.75) is 13.0 Å². The first-order chi connectivity index (χ1) is 11.5.